The Bertz CT molecular complexity index is 756. The van der Waals surface area contributed by atoms with Crippen LogP contribution in [0.5, 0.6) is 5.75 Å². The predicted octanol–water partition coefficient (Wildman–Crippen LogP) is 3.38. The fourth-order valence-corrected chi connectivity index (χ4v) is 1.87. The number of nitrogens with zero attached hydrogens (tertiary/aromatic N) is 1. The van der Waals surface area contributed by atoms with Crippen LogP contribution in [0.3, 0.4) is 0 Å². The molecule has 2 aromatic rings. The molecule has 1 aromatic heterocycles. The van der Waals surface area contributed by atoms with Gasteiger partial charge in [-0.25, -0.2) is 9.78 Å². The zero-order valence-corrected chi connectivity index (χ0v) is 14.7. The van der Waals surface area contributed by atoms with Gasteiger partial charge >= 0.3 is 6.09 Å². The molecule has 0 aliphatic carbocycles. The molecule has 0 saturated carbocycles. The van der Waals surface area contributed by atoms with Gasteiger partial charge in [-0.1, -0.05) is 18.1 Å². The summed E-state index contributed by atoms with van der Waals surface area (Å²) in [6, 6.07) is 13.1. The van der Waals surface area contributed by atoms with Crippen LogP contribution >= 0.6 is 0 Å². The SMILES string of the molecule is CC(C)(C)OC(=O)NCCOc1cccc(C#Cc2ccccn2)c1. The van der Waals surface area contributed by atoms with Crippen molar-refractivity contribution in [2.45, 2.75) is 26.4 Å². The van der Waals surface area contributed by atoms with E-state index in [0.29, 0.717) is 18.9 Å². The van der Waals surface area contributed by atoms with E-state index < -0.39 is 11.7 Å². The van der Waals surface area contributed by atoms with E-state index in [4.69, 9.17) is 9.47 Å². The number of carbonyl (C=O) groups is 1. The minimum Gasteiger partial charge on any atom is -0.492 e. The van der Waals surface area contributed by atoms with Gasteiger partial charge in [0.25, 0.3) is 0 Å². The van der Waals surface area contributed by atoms with Crippen LogP contribution in [-0.4, -0.2) is 29.8 Å². The van der Waals surface area contributed by atoms with E-state index >= 15 is 0 Å². The second-order valence-electron chi connectivity index (χ2n) is 6.27. The number of amides is 1. The summed E-state index contributed by atoms with van der Waals surface area (Å²) in [6.07, 6.45) is 1.26. The number of alkyl carbamates (subject to hydrolysis) is 1. The number of ether oxygens (including phenoxy) is 2. The number of aromatic nitrogens is 1. The molecule has 5 heteroatoms. The average molecular weight is 338 g/mol. The smallest absolute Gasteiger partial charge is 0.407 e. The van der Waals surface area contributed by atoms with Gasteiger partial charge in [0.1, 0.15) is 23.7 Å². The molecule has 0 unspecified atom stereocenters. The van der Waals surface area contributed by atoms with Gasteiger partial charge < -0.3 is 14.8 Å². The van der Waals surface area contributed by atoms with E-state index in [9.17, 15) is 4.79 Å². The van der Waals surface area contributed by atoms with E-state index in [2.05, 4.69) is 22.1 Å². The molecular weight excluding hydrogens is 316 g/mol. The lowest BCUT2D eigenvalue weighted by Crippen LogP contribution is -2.34. The van der Waals surface area contributed by atoms with E-state index in [1.807, 2.05) is 63.2 Å². The summed E-state index contributed by atoms with van der Waals surface area (Å²) in [5, 5.41) is 2.65. The molecule has 0 bridgehead atoms. The monoisotopic (exact) mass is 338 g/mol. The second-order valence-corrected chi connectivity index (χ2v) is 6.27. The first-order valence-corrected chi connectivity index (χ1v) is 8.05. The molecule has 1 aromatic carbocycles. The quantitative estimate of drug-likeness (QED) is 0.686. The summed E-state index contributed by atoms with van der Waals surface area (Å²) >= 11 is 0. The third-order valence-electron chi connectivity index (χ3n) is 2.87. The van der Waals surface area contributed by atoms with Gasteiger partial charge in [0, 0.05) is 11.8 Å². The predicted molar refractivity (Wildman–Crippen MR) is 96.4 cm³/mol. The normalized spacial score (nSPS) is 10.4. The lowest BCUT2D eigenvalue weighted by molar-refractivity contribution is 0.0520. The van der Waals surface area contributed by atoms with Crippen molar-refractivity contribution in [3.05, 3.63) is 59.9 Å². The zero-order valence-electron chi connectivity index (χ0n) is 14.7. The minimum atomic E-state index is -0.508. The number of nitrogens with one attached hydrogen (secondary N) is 1. The highest BCUT2D eigenvalue weighted by Crippen LogP contribution is 2.12. The number of pyridine rings is 1. The van der Waals surface area contributed by atoms with Crippen LogP contribution in [0.25, 0.3) is 0 Å². The lowest BCUT2D eigenvalue weighted by Gasteiger charge is -2.19. The van der Waals surface area contributed by atoms with Gasteiger partial charge in [-0.15, -0.1) is 0 Å². The maximum atomic E-state index is 11.5. The Hall–Kier alpha value is -3.00. The third kappa shape index (κ3) is 7.40. The van der Waals surface area contributed by atoms with Gasteiger partial charge in [-0.3, -0.25) is 0 Å². The Morgan fingerprint density at radius 1 is 1.16 bits per heavy atom. The van der Waals surface area contributed by atoms with Crippen LogP contribution in [0.4, 0.5) is 4.79 Å². The van der Waals surface area contributed by atoms with E-state index in [-0.39, 0.29) is 0 Å². The highest BCUT2D eigenvalue weighted by atomic mass is 16.6. The van der Waals surface area contributed by atoms with Crippen molar-refractivity contribution in [3.8, 4) is 17.6 Å². The van der Waals surface area contributed by atoms with Crippen molar-refractivity contribution in [1.29, 1.82) is 0 Å². The molecule has 0 atom stereocenters. The highest BCUT2D eigenvalue weighted by molar-refractivity contribution is 5.67. The Labute approximate surface area is 148 Å². The number of hydrogen-bond donors (Lipinski definition) is 1. The van der Waals surface area contributed by atoms with Crippen LogP contribution in [0.2, 0.25) is 0 Å². The molecule has 0 aliphatic rings. The number of benzene rings is 1. The summed E-state index contributed by atoms with van der Waals surface area (Å²) in [4.78, 5) is 15.7. The molecule has 0 aliphatic heterocycles. The van der Waals surface area contributed by atoms with Crippen LogP contribution in [0, 0.1) is 11.8 Å². The van der Waals surface area contributed by atoms with E-state index in [1.54, 1.807) is 6.20 Å². The van der Waals surface area contributed by atoms with Crippen molar-refractivity contribution in [2.75, 3.05) is 13.2 Å². The van der Waals surface area contributed by atoms with Crippen LogP contribution < -0.4 is 10.1 Å². The van der Waals surface area contributed by atoms with E-state index in [1.165, 1.54) is 0 Å². The Balaban J connectivity index is 1.82. The average Bonchev–Trinajstić information content (AvgIpc) is 2.57. The molecule has 5 nitrogen and oxygen atoms in total. The van der Waals surface area contributed by atoms with Crippen molar-refractivity contribution < 1.29 is 14.3 Å². The summed E-state index contributed by atoms with van der Waals surface area (Å²) < 4.78 is 10.8. The van der Waals surface area contributed by atoms with Crippen LogP contribution in [0.15, 0.2) is 48.7 Å². The summed E-state index contributed by atoms with van der Waals surface area (Å²) in [7, 11) is 0. The van der Waals surface area contributed by atoms with Gasteiger partial charge in [-0.2, -0.15) is 0 Å². The van der Waals surface area contributed by atoms with Crippen molar-refractivity contribution in [3.63, 3.8) is 0 Å². The molecule has 25 heavy (non-hydrogen) atoms. The molecule has 1 heterocycles. The first-order valence-electron chi connectivity index (χ1n) is 8.05. The molecule has 0 fully saturated rings. The third-order valence-corrected chi connectivity index (χ3v) is 2.87. The van der Waals surface area contributed by atoms with Gasteiger partial charge in [0.05, 0.1) is 6.54 Å². The molecule has 0 radical (unpaired) electrons. The molecule has 130 valence electrons. The van der Waals surface area contributed by atoms with Crippen molar-refractivity contribution >= 4 is 6.09 Å². The Morgan fingerprint density at radius 2 is 2.00 bits per heavy atom. The first-order chi connectivity index (χ1) is 11.9. The summed E-state index contributed by atoms with van der Waals surface area (Å²) in [5.74, 6) is 6.75. The molecule has 1 N–H and O–H groups in total. The standard InChI is InChI=1S/C20H22N2O3/c1-20(2,3)25-19(23)22-13-14-24-18-9-6-7-16(15-18)10-11-17-8-4-5-12-21-17/h4-9,12,15H,13-14H2,1-3H3,(H,22,23). The van der Waals surface area contributed by atoms with Crippen LogP contribution in [-0.2, 0) is 4.74 Å². The maximum absolute atomic E-state index is 11.5. The second kappa shape index (κ2) is 8.74. The number of carbonyl (C=O) groups excluding carboxylic acids is 1. The van der Waals surface area contributed by atoms with Gasteiger partial charge in [-0.05, 0) is 57.0 Å². The Morgan fingerprint density at radius 3 is 2.72 bits per heavy atom. The molecule has 0 spiro atoms. The van der Waals surface area contributed by atoms with Crippen molar-refractivity contribution in [2.24, 2.45) is 0 Å². The van der Waals surface area contributed by atoms with Crippen LogP contribution in [0.1, 0.15) is 32.0 Å². The molecule has 1 amide bonds. The topological polar surface area (TPSA) is 60.5 Å². The highest BCUT2D eigenvalue weighted by Gasteiger charge is 2.15. The number of hydrogen-bond acceptors (Lipinski definition) is 4. The fourth-order valence-electron chi connectivity index (χ4n) is 1.87. The fraction of sp³-hybridized carbons (Fsp3) is 0.300. The zero-order chi connectivity index (χ0) is 18.1. The molecule has 2 rings (SSSR count). The summed E-state index contributed by atoms with van der Waals surface area (Å²) in [5.41, 5.74) is 1.05. The Kier molecular flexibility index (Phi) is 6.41. The maximum Gasteiger partial charge on any atom is 0.407 e. The van der Waals surface area contributed by atoms with Crippen molar-refractivity contribution in [1.82, 2.24) is 10.3 Å². The minimum absolute atomic E-state index is 0.344. The van der Waals surface area contributed by atoms with E-state index in [0.717, 1.165) is 11.3 Å². The van der Waals surface area contributed by atoms with Gasteiger partial charge in [0.2, 0.25) is 0 Å². The van der Waals surface area contributed by atoms with Gasteiger partial charge in [0.15, 0.2) is 0 Å². The lowest BCUT2D eigenvalue weighted by atomic mass is 10.2. The first kappa shape index (κ1) is 18.3. The molecule has 0 saturated heterocycles. The molecular formula is C20H22N2O3. The number of rotatable bonds is 4. The largest absolute Gasteiger partial charge is 0.492 e. The summed E-state index contributed by atoms with van der Waals surface area (Å²) in [6.45, 7) is 6.16.